The summed E-state index contributed by atoms with van der Waals surface area (Å²) in [5.74, 6) is 0.168. The number of carbonyl (C=O) groups is 2. The summed E-state index contributed by atoms with van der Waals surface area (Å²) in [6, 6.07) is 7.32. The molecule has 0 saturated heterocycles. The number of amides is 1. The predicted octanol–water partition coefficient (Wildman–Crippen LogP) is 3.04. The molecular weight excluding hydrogens is 230 g/mol. The molecule has 0 aromatic heterocycles. The fourth-order valence-corrected chi connectivity index (χ4v) is 1.89. The van der Waals surface area contributed by atoms with Crippen molar-refractivity contribution in [2.45, 2.75) is 32.1 Å². The van der Waals surface area contributed by atoms with Gasteiger partial charge in [0.1, 0.15) is 6.29 Å². The average molecular weight is 249 g/mol. The molecule has 98 valence electrons. The van der Waals surface area contributed by atoms with Crippen LogP contribution < -0.4 is 5.32 Å². The highest BCUT2D eigenvalue weighted by Gasteiger charge is 2.12. The van der Waals surface area contributed by atoms with Gasteiger partial charge in [0.05, 0.1) is 0 Å². The molecule has 1 rings (SSSR count). The summed E-state index contributed by atoms with van der Waals surface area (Å²) in [5, 5.41) is 11.1. The van der Waals surface area contributed by atoms with E-state index in [0.717, 1.165) is 31.1 Å². The Morgan fingerprint density at radius 3 is 2.56 bits per heavy atom. The largest absolute Gasteiger partial charge is 0.465 e. The third-order valence-corrected chi connectivity index (χ3v) is 2.95. The molecule has 4 heteroatoms. The van der Waals surface area contributed by atoms with Crippen LogP contribution in [0.5, 0.6) is 0 Å². The van der Waals surface area contributed by atoms with E-state index in [1.54, 1.807) is 12.1 Å². The Labute approximate surface area is 107 Å². The zero-order chi connectivity index (χ0) is 13.4. The van der Waals surface area contributed by atoms with Crippen LogP contribution in [0.25, 0.3) is 0 Å². The van der Waals surface area contributed by atoms with E-state index < -0.39 is 6.09 Å². The number of unbranched alkanes of at least 4 members (excludes halogenated alkanes) is 1. The molecule has 1 aromatic rings. The Morgan fingerprint density at radius 1 is 1.39 bits per heavy atom. The van der Waals surface area contributed by atoms with Gasteiger partial charge in [-0.2, -0.15) is 0 Å². The maximum absolute atomic E-state index is 10.6. The second-order valence-corrected chi connectivity index (χ2v) is 4.31. The fourth-order valence-electron chi connectivity index (χ4n) is 1.89. The summed E-state index contributed by atoms with van der Waals surface area (Å²) in [6.07, 6.45) is 2.88. The highest BCUT2D eigenvalue weighted by molar-refractivity contribution is 5.74. The van der Waals surface area contributed by atoms with E-state index in [2.05, 4.69) is 12.2 Å². The molecule has 1 aromatic carbocycles. The number of rotatable bonds is 7. The van der Waals surface area contributed by atoms with Crippen LogP contribution in [0.4, 0.5) is 4.79 Å². The van der Waals surface area contributed by atoms with Crippen molar-refractivity contribution in [1.29, 1.82) is 0 Å². The van der Waals surface area contributed by atoms with Gasteiger partial charge >= 0.3 is 6.09 Å². The second-order valence-electron chi connectivity index (χ2n) is 4.31. The Balaban J connectivity index is 2.72. The summed E-state index contributed by atoms with van der Waals surface area (Å²) in [4.78, 5) is 21.1. The molecule has 0 aliphatic carbocycles. The molecule has 0 aliphatic rings. The van der Waals surface area contributed by atoms with Crippen LogP contribution in [0.3, 0.4) is 0 Å². The first kappa shape index (κ1) is 14.2. The highest BCUT2D eigenvalue weighted by Crippen LogP contribution is 2.21. The zero-order valence-electron chi connectivity index (χ0n) is 10.6. The van der Waals surface area contributed by atoms with Crippen molar-refractivity contribution in [2.75, 3.05) is 6.54 Å². The number of aldehydes is 1. The molecule has 4 nitrogen and oxygen atoms in total. The summed E-state index contributed by atoms with van der Waals surface area (Å²) in [6.45, 7) is 2.52. The van der Waals surface area contributed by atoms with Crippen LogP contribution in [-0.2, 0) is 0 Å². The van der Waals surface area contributed by atoms with Crippen molar-refractivity contribution < 1.29 is 14.7 Å². The molecular formula is C14H19NO3. The minimum absolute atomic E-state index is 0.168. The molecule has 2 N–H and O–H groups in total. The smallest absolute Gasteiger partial charge is 0.404 e. The van der Waals surface area contributed by atoms with Crippen molar-refractivity contribution in [1.82, 2.24) is 5.32 Å². The third-order valence-electron chi connectivity index (χ3n) is 2.95. The van der Waals surface area contributed by atoms with Crippen molar-refractivity contribution in [2.24, 2.45) is 0 Å². The Morgan fingerprint density at radius 2 is 2.06 bits per heavy atom. The quantitative estimate of drug-likeness (QED) is 0.730. The van der Waals surface area contributed by atoms with Crippen molar-refractivity contribution in [3.05, 3.63) is 35.4 Å². The summed E-state index contributed by atoms with van der Waals surface area (Å²) < 4.78 is 0. The molecule has 0 aliphatic heterocycles. The second kappa shape index (κ2) is 7.48. The van der Waals surface area contributed by atoms with Crippen LogP contribution in [-0.4, -0.2) is 24.0 Å². The predicted molar refractivity (Wildman–Crippen MR) is 70.1 cm³/mol. The first-order chi connectivity index (χ1) is 8.67. The minimum atomic E-state index is -0.999. The Hall–Kier alpha value is -1.84. The maximum Gasteiger partial charge on any atom is 0.404 e. The summed E-state index contributed by atoms with van der Waals surface area (Å²) >= 11 is 0. The number of hydrogen-bond acceptors (Lipinski definition) is 2. The third kappa shape index (κ3) is 4.57. The van der Waals surface area contributed by atoms with Gasteiger partial charge in [0, 0.05) is 18.0 Å². The molecule has 0 radical (unpaired) electrons. The lowest BCUT2D eigenvalue weighted by molar-refractivity contribution is 0.112. The monoisotopic (exact) mass is 249 g/mol. The van der Waals surface area contributed by atoms with Crippen LogP contribution in [0.2, 0.25) is 0 Å². The van der Waals surface area contributed by atoms with E-state index in [-0.39, 0.29) is 5.92 Å². The van der Waals surface area contributed by atoms with Gasteiger partial charge in [0.25, 0.3) is 0 Å². The lowest BCUT2D eigenvalue weighted by Crippen LogP contribution is -2.26. The van der Waals surface area contributed by atoms with Gasteiger partial charge < -0.3 is 10.4 Å². The number of benzene rings is 1. The SMILES string of the molecule is CCCCC(CNC(=O)O)c1ccc(C=O)cc1. The van der Waals surface area contributed by atoms with Gasteiger partial charge in [0.2, 0.25) is 0 Å². The van der Waals surface area contributed by atoms with E-state index in [1.165, 1.54) is 0 Å². The first-order valence-corrected chi connectivity index (χ1v) is 6.19. The van der Waals surface area contributed by atoms with E-state index in [4.69, 9.17) is 5.11 Å². The molecule has 1 unspecified atom stereocenters. The molecule has 0 saturated carbocycles. The van der Waals surface area contributed by atoms with Gasteiger partial charge in [-0.15, -0.1) is 0 Å². The standard InChI is InChI=1S/C14H19NO3/c1-2-3-4-13(9-15-14(17)18)12-7-5-11(10-16)6-8-12/h5-8,10,13,15H,2-4,9H2,1H3,(H,17,18). The van der Waals surface area contributed by atoms with Crippen LogP contribution in [0.15, 0.2) is 24.3 Å². The van der Waals surface area contributed by atoms with Crippen molar-refractivity contribution in [3.63, 3.8) is 0 Å². The Kier molecular flexibility index (Phi) is 5.91. The fraction of sp³-hybridized carbons (Fsp3) is 0.429. The first-order valence-electron chi connectivity index (χ1n) is 6.19. The Bertz CT molecular complexity index is 387. The van der Waals surface area contributed by atoms with Gasteiger partial charge in [-0.25, -0.2) is 4.79 Å². The summed E-state index contributed by atoms with van der Waals surface area (Å²) in [5.41, 5.74) is 1.71. The lowest BCUT2D eigenvalue weighted by atomic mass is 9.93. The highest BCUT2D eigenvalue weighted by atomic mass is 16.4. The van der Waals surface area contributed by atoms with Crippen molar-refractivity contribution in [3.8, 4) is 0 Å². The number of carboxylic acid groups (broad SMARTS) is 1. The van der Waals surface area contributed by atoms with Gasteiger partial charge in [0.15, 0.2) is 0 Å². The van der Waals surface area contributed by atoms with Crippen LogP contribution >= 0.6 is 0 Å². The topological polar surface area (TPSA) is 66.4 Å². The lowest BCUT2D eigenvalue weighted by Gasteiger charge is -2.17. The van der Waals surface area contributed by atoms with Gasteiger partial charge in [-0.1, -0.05) is 44.0 Å². The molecule has 0 bridgehead atoms. The van der Waals surface area contributed by atoms with E-state index in [0.29, 0.717) is 12.1 Å². The van der Waals surface area contributed by atoms with Gasteiger partial charge in [-0.3, -0.25) is 4.79 Å². The van der Waals surface area contributed by atoms with E-state index in [1.807, 2.05) is 12.1 Å². The molecule has 0 heterocycles. The minimum Gasteiger partial charge on any atom is -0.465 e. The maximum atomic E-state index is 10.6. The summed E-state index contributed by atoms with van der Waals surface area (Å²) in [7, 11) is 0. The van der Waals surface area contributed by atoms with Crippen LogP contribution in [0.1, 0.15) is 48.0 Å². The van der Waals surface area contributed by atoms with Crippen LogP contribution in [0, 0.1) is 0 Å². The average Bonchev–Trinajstić information content (AvgIpc) is 2.39. The van der Waals surface area contributed by atoms with Gasteiger partial charge in [-0.05, 0) is 12.0 Å². The van der Waals surface area contributed by atoms with Crippen molar-refractivity contribution >= 4 is 12.4 Å². The van der Waals surface area contributed by atoms with E-state index >= 15 is 0 Å². The molecule has 0 fully saturated rings. The van der Waals surface area contributed by atoms with E-state index in [9.17, 15) is 9.59 Å². The number of carbonyl (C=O) groups excluding carboxylic acids is 1. The number of hydrogen-bond donors (Lipinski definition) is 2. The number of nitrogens with one attached hydrogen (secondary N) is 1. The molecule has 0 spiro atoms. The molecule has 18 heavy (non-hydrogen) atoms. The zero-order valence-corrected chi connectivity index (χ0v) is 10.6. The molecule has 1 atom stereocenters. The normalized spacial score (nSPS) is 11.8. The molecule has 1 amide bonds.